The van der Waals surface area contributed by atoms with E-state index in [0.717, 1.165) is 0 Å². The topological polar surface area (TPSA) is 32.3 Å². The van der Waals surface area contributed by atoms with Crippen molar-refractivity contribution in [1.29, 1.82) is 0 Å². The van der Waals surface area contributed by atoms with E-state index in [1.165, 1.54) is 0 Å². The molecule has 0 unspecified atom stereocenters. The molecule has 0 amide bonds. The predicted molar refractivity (Wildman–Crippen MR) is 33.8 cm³/mol. The Bertz CT molecular complexity index is 149. The van der Waals surface area contributed by atoms with Gasteiger partial charge >= 0.3 is 0 Å². The summed E-state index contributed by atoms with van der Waals surface area (Å²) in [5.74, 6) is 0. The first-order valence-corrected chi connectivity index (χ1v) is 2.64. The van der Waals surface area contributed by atoms with Crippen LogP contribution in [0.25, 0.3) is 0 Å². The van der Waals surface area contributed by atoms with Gasteiger partial charge in [0, 0.05) is 12.4 Å². The number of carbonyl (C=O) groups excluding carboxylic acids is 1. The van der Waals surface area contributed by atoms with Gasteiger partial charge in [-0.1, -0.05) is 0 Å². The van der Waals surface area contributed by atoms with Crippen molar-refractivity contribution in [2.24, 2.45) is 0 Å². The average molecular weight is 123 g/mol. The molecule has 0 aromatic rings. The number of hydrogen-bond donors (Lipinski definition) is 1. The molecule has 1 N–H and O–H groups in total. The van der Waals surface area contributed by atoms with Crippen molar-refractivity contribution in [3.05, 3.63) is 24.6 Å². The second-order valence-electron chi connectivity index (χ2n) is 1.60. The SMILES string of the molecule is O=[C]CN1C=CC=CN1. The Kier molecular flexibility index (Phi) is 1.90. The molecule has 0 aliphatic carbocycles. The van der Waals surface area contributed by atoms with E-state index in [-0.39, 0.29) is 6.54 Å². The van der Waals surface area contributed by atoms with Crippen LogP contribution in [0.5, 0.6) is 0 Å². The maximum Gasteiger partial charge on any atom is 0.221 e. The lowest BCUT2D eigenvalue weighted by Gasteiger charge is -2.18. The Morgan fingerprint density at radius 3 is 3.00 bits per heavy atom. The zero-order chi connectivity index (χ0) is 6.53. The minimum atomic E-state index is 0.265. The number of nitrogens with zero attached hydrogens (tertiary/aromatic N) is 1. The maximum absolute atomic E-state index is 9.81. The van der Waals surface area contributed by atoms with Gasteiger partial charge in [0.25, 0.3) is 0 Å². The highest BCUT2D eigenvalue weighted by molar-refractivity contribution is 5.53. The number of rotatable bonds is 2. The van der Waals surface area contributed by atoms with E-state index >= 15 is 0 Å². The molecular weight excluding hydrogens is 116 g/mol. The van der Waals surface area contributed by atoms with E-state index in [2.05, 4.69) is 5.43 Å². The van der Waals surface area contributed by atoms with Gasteiger partial charge in [-0.2, -0.15) is 0 Å². The number of allylic oxidation sites excluding steroid dienone is 2. The van der Waals surface area contributed by atoms with Gasteiger partial charge in [-0.15, -0.1) is 0 Å². The van der Waals surface area contributed by atoms with Gasteiger partial charge in [0.2, 0.25) is 6.29 Å². The van der Waals surface area contributed by atoms with E-state index in [9.17, 15) is 4.79 Å². The molecule has 1 aliphatic rings. The lowest BCUT2D eigenvalue weighted by Crippen LogP contribution is -2.31. The lowest BCUT2D eigenvalue weighted by atomic mass is 10.5. The summed E-state index contributed by atoms with van der Waals surface area (Å²) in [6.45, 7) is 0.265. The monoisotopic (exact) mass is 123 g/mol. The van der Waals surface area contributed by atoms with Crippen LogP contribution in [-0.4, -0.2) is 17.8 Å². The molecule has 1 aliphatic heterocycles. The van der Waals surface area contributed by atoms with Crippen LogP contribution in [0.4, 0.5) is 0 Å². The summed E-state index contributed by atoms with van der Waals surface area (Å²) in [5.41, 5.74) is 2.82. The minimum absolute atomic E-state index is 0.265. The largest absolute Gasteiger partial charge is 0.306 e. The highest BCUT2D eigenvalue weighted by Gasteiger charge is 1.94. The fraction of sp³-hybridized carbons (Fsp3) is 0.167. The van der Waals surface area contributed by atoms with E-state index in [1.807, 2.05) is 12.2 Å². The summed E-state index contributed by atoms with van der Waals surface area (Å²) < 4.78 is 0. The van der Waals surface area contributed by atoms with Crippen molar-refractivity contribution >= 4 is 6.29 Å². The Balaban J connectivity index is 2.36. The minimum Gasteiger partial charge on any atom is -0.306 e. The highest BCUT2D eigenvalue weighted by Crippen LogP contribution is 1.89. The average Bonchev–Trinajstić information content (AvgIpc) is 1.91. The normalized spacial score (nSPS) is 15.3. The van der Waals surface area contributed by atoms with E-state index < -0.39 is 0 Å². The maximum atomic E-state index is 9.81. The Morgan fingerprint density at radius 1 is 1.56 bits per heavy atom. The number of hydrazine groups is 1. The summed E-state index contributed by atoms with van der Waals surface area (Å²) in [4.78, 5) is 9.81. The van der Waals surface area contributed by atoms with E-state index in [0.29, 0.717) is 0 Å². The zero-order valence-electron chi connectivity index (χ0n) is 4.87. The second-order valence-corrected chi connectivity index (χ2v) is 1.60. The van der Waals surface area contributed by atoms with Crippen LogP contribution in [-0.2, 0) is 4.79 Å². The van der Waals surface area contributed by atoms with Gasteiger partial charge in [-0.3, -0.25) is 9.80 Å². The highest BCUT2D eigenvalue weighted by atomic mass is 16.1. The summed E-state index contributed by atoms with van der Waals surface area (Å²) in [6, 6.07) is 0. The van der Waals surface area contributed by atoms with Crippen molar-refractivity contribution in [2.75, 3.05) is 6.54 Å². The van der Waals surface area contributed by atoms with Gasteiger partial charge in [0.1, 0.15) is 6.54 Å². The third kappa shape index (κ3) is 1.60. The first-order chi connectivity index (χ1) is 4.43. The van der Waals surface area contributed by atoms with Gasteiger partial charge < -0.3 is 5.43 Å². The number of hydrogen-bond acceptors (Lipinski definition) is 3. The first kappa shape index (κ1) is 5.88. The Morgan fingerprint density at radius 2 is 2.44 bits per heavy atom. The van der Waals surface area contributed by atoms with Crippen LogP contribution >= 0.6 is 0 Å². The van der Waals surface area contributed by atoms with Crippen molar-refractivity contribution < 1.29 is 4.79 Å². The molecule has 1 heterocycles. The second kappa shape index (κ2) is 2.91. The van der Waals surface area contributed by atoms with Crippen LogP contribution < -0.4 is 5.43 Å². The molecule has 0 spiro atoms. The summed E-state index contributed by atoms with van der Waals surface area (Å²) >= 11 is 0. The van der Waals surface area contributed by atoms with Crippen molar-refractivity contribution in [3.63, 3.8) is 0 Å². The Labute approximate surface area is 53.6 Å². The quantitative estimate of drug-likeness (QED) is 0.558. The molecule has 1 radical (unpaired) electrons. The molecule has 0 bridgehead atoms. The standard InChI is InChI=1S/C6H7N2O/c9-6-5-8-4-2-1-3-7-8/h1-4,7H,5H2. The fourth-order valence-corrected chi connectivity index (χ4v) is 0.559. The molecule has 0 aromatic heterocycles. The zero-order valence-corrected chi connectivity index (χ0v) is 4.87. The van der Waals surface area contributed by atoms with Crippen molar-refractivity contribution in [1.82, 2.24) is 10.4 Å². The predicted octanol–water partition coefficient (Wildman–Crippen LogP) is -0.0563. The molecule has 0 saturated carbocycles. The molecule has 3 nitrogen and oxygen atoms in total. The van der Waals surface area contributed by atoms with E-state index in [1.54, 1.807) is 23.7 Å². The van der Waals surface area contributed by atoms with Crippen LogP contribution in [0.1, 0.15) is 0 Å². The fourth-order valence-electron chi connectivity index (χ4n) is 0.559. The summed E-state index contributed by atoms with van der Waals surface area (Å²) in [5, 5.41) is 1.63. The molecule has 0 fully saturated rings. The summed E-state index contributed by atoms with van der Waals surface area (Å²) in [7, 11) is 0. The van der Waals surface area contributed by atoms with Gasteiger partial charge in [0.05, 0.1) is 0 Å². The van der Waals surface area contributed by atoms with E-state index in [4.69, 9.17) is 0 Å². The van der Waals surface area contributed by atoms with Crippen LogP contribution in [0.15, 0.2) is 24.6 Å². The number of nitrogens with one attached hydrogen (secondary N) is 1. The molecule has 0 aromatic carbocycles. The lowest BCUT2D eigenvalue weighted by molar-refractivity contribution is 0.348. The summed E-state index contributed by atoms with van der Waals surface area (Å²) in [6.07, 6.45) is 8.97. The van der Waals surface area contributed by atoms with Gasteiger partial charge in [-0.05, 0) is 12.2 Å². The molecular formula is C6H7N2O. The molecule has 0 saturated heterocycles. The third-order valence-corrected chi connectivity index (χ3v) is 0.949. The molecule has 0 atom stereocenters. The first-order valence-electron chi connectivity index (χ1n) is 2.64. The molecule has 3 heteroatoms. The van der Waals surface area contributed by atoms with Gasteiger partial charge in [0.15, 0.2) is 0 Å². The smallest absolute Gasteiger partial charge is 0.221 e. The van der Waals surface area contributed by atoms with Crippen molar-refractivity contribution in [3.8, 4) is 0 Å². The molecule has 1 rings (SSSR count). The van der Waals surface area contributed by atoms with Crippen molar-refractivity contribution in [2.45, 2.75) is 0 Å². The van der Waals surface area contributed by atoms with Gasteiger partial charge in [-0.25, -0.2) is 0 Å². The third-order valence-electron chi connectivity index (χ3n) is 0.949. The Hall–Kier alpha value is -1.25. The molecule has 9 heavy (non-hydrogen) atoms. The molecule has 47 valence electrons. The van der Waals surface area contributed by atoms with Crippen LogP contribution in [0.2, 0.25) is 0 Å². The van der Waals surface area contributed by atoms with Crippen LogP contribution in [0.3, 0.4) is 0 Å². The van der Waals surface area contributed by atoms with Crippen LogP contribution in [0, 0.1) is 0 Å².